The minimum Gasteiger partial charge on any atom is -0.383 e. The van der Waals surface area contributed by atoms with E-state index in [1.165, 1.54) is 0 Å². The number of ether oxygens (including phenoxy) is 1. The van der Waals surface area contributed by atoms with Gasteiger partial charge in [-0.05, 0) is 62.3 Å². The van der Waals surface area contributed by atoms with E-state index in [0.29, 0.717) is 13.2 Å². The molecule has 0 aliphatic heterocycles. The average molecular weight is 515 g/mol. The standard InChI is InChI=1S/C13H14Br2IN3O/c1-20-5-4-19-13(10(15)7-18-19)12(17)9-6-8(14)2-3-11(9)16/h2-3,6-7,12H,4-5,17H2,1H3. The third kappa shape index (κ3) is 3.62. The monoisotopic (exact) mass is 513 g/mol. The van der Waals surface area contributed by atoms with Gasteiger partial charge in [-0.1, -0.05) is 15.9 Å². The number of hydrogen-bond donors (Lipinski definition) is 1. The van der Waals surface area contributed by atoms with Crippen molar-refractivity contribution in [1.29, 1.82) is 0 Å². The molecule has 1 aromatic heterocycles. The Morgan fingerprint density at radius 2 is 2.20 bits per heavy atom. The Hall–Kier alpha value is 0.0400. The minimum atomic E-state index is -0.242. The molecule has 1 aromatic carbocycles. The van der Waals surface area contributed by atoms with Gasteiger partial charge in [0, 0.05) is 15.2 Å². The second-order valence-electron chi connectivity index (χ2n) is 4.24. The van der Waals surface area contributed by atoms with Crippen LogP contribution >= 0.6 is 54.5 Å². The maximum Gasteiger partial charge on any atom is 0.0745 e. The molecule has 0 spiro atoms. The van der Waals surface area contributed by atoms with Crippen molar-refractivity contribution < 1.29 is 4.74 Å². The zero-order valence-corrected chi connectivity index (χ0v) is 16.1. The average Bonchev–Trinajstić information content (AvgIpc) is 2.79. The van der Waals surface area contributed by atoms with Crippen LogP contribution in [-0.2, 0) is 11.3 Å². The van der Waals surface area contributed by atoms with Crippen molar-refractivity contribution in [3.63, 3.8) is 0 Å². The molecule has 4 nitrogen and oxygen atoms in total. The summed E-state index contributed by atoms with van der Waals surface area (Å²) in [6.45, 7) is 1.28. The van der Waals surface area contributed by atoms with Crippen LogP contribution in [0.1, 0.15) is 17.3 Å². The molecular weight excluding hydrogens is 501 g/mol. The van der Waals surface area contributed by atoms with Crippen molar-refractivity contribution in [2.45, 2.75) is 12.6 Å². The van der Waals surface area contributed by atoms with Crippen molar-refractivity contribution in [1.82, 2.24) is 9.78 Å². The van der Waals surface area contributed by atoms with Gasteiger partial charge in [0.2, 0.25) is 0 Å². The highest BCUT2D eigenvalue weighted by atomic mass is 127. The van der Waals surface area contributed by atoms with E-state index in [2.05, 4.69) is 59.5 Å². The number of benzene rings is 1. The summed E-state index contributed by atoms with van der Waals surface area (Å²) in [5.41, 5.74) is 8.47. The summed E-state index contributed by atoms with van der Waals surface area (Å²) < 4.78 is 10.1. The first-order valence-electron chi connectivity index (χ1n) is 5.95. The lowest BCUT2D eigenvalue weighted by atomic mass is 10.0. The number of nitrogens with two attached hydrogens (primary N) is 1. The lowest BCUT2D eigenvalue weighted by molar-refractivity contribution is 0.182. The third-order valence-electron chi connectivity index (χ3n) is 2.93. The van der Waals surface area contributed by atoms with Crippen LogP contribution in [0.4, 0.5) is 0 Å². The Kier molecular flexibility index (Phi) is 6.03. The molecule has 1 unspecified atom stereocenters. The van der Waals surface area contributed by atoms with Crippen molar-refractivity contribution in [3.05, 3.63) is 48.2 Å². The maximum atomic E-state index is 6.45. The van der Waals surface area contributed by atoms with Gasteiger partial charge in [-0.25, -0.2) is 0 Å². The predicted octanol–water partition coefficient (Wildman–Crippen LogP) is 3.71. The maximum absolute atomic E-state index is 6.45. The molecule has 0 radical (unpaired) electrons. The Morgan fingerprint density at radius 3 is 2.90 bits per heavy atom. The number of methoxy groups -OCH3 is 1. The Morgan fingerprint density at radius 1 is 1.45 bits per heavy atom. The first kappa shape index (κ1) is 16.4. The fourth-order valence-electron chi connectivity index (χ4n) is 1.94. The van der Waals surface area contributed by atoms with Gasteiger partial charge in [-0.3, -0.25) is 4.68 Å². The minimum absolute atomic E-state index is 0.242. The quantitative estimate of drug-likeness (QED) is 0.619. The number of hydrogen-bond acceptors (Lipinski definition) is 3. The van der Waals surface area contributed by atoms with E-state index in [1.807, 2.05) is 22.9 Å². The van der Waals surface area contributed by atoms with Gasteiger partial charge in [0.05, 0.1) is 35.6 Å². The van der Waals surface area contributed by atoms with Crippen molar-refractivity contribution >= 4 is 54.5 Å². The number of nitrogens with zero attached hydrogens (tertiary/aromatic N) is 2. The lowest BCUT2D eigenvalue weighted by Crippen LogP contribution is -2.20. The van der Waals surface area contributed by atoms with E-state index >= 15 is 0 Å². The predicted molar refractivity (Wildman–Crippen MR) is 94.7 cm³/mol. The largest absolute Gasteiger partial charge is 0.383 e. The van der Waals surface area contributed by atoms with Gasteiger partial charge in [-0.2, -0.15) is 5.10 Å². The van der Waals surface area contributed by atoms with Crippen LogP contribution in [-0.4, -0.2) is 23.5 Å². The molecule has 0 amide bonds. The molecule has 108 valence electrons. The molecule has 0 bridgehead atoms. The van der Waals surface area contributed by atoms with Crippen LogP contribution in [0.15, 0.2) is 33.3 Å². The normalized spacial score (nSPS) is 12.7. The molecule has 0 saturated heterocycles. The first-order chi connectivity index (χ1) is 9.54. The number of aromatic nitrogens is 2. The van der Waals surface area contributed by atoms with E-state index in [4.69, 9.17) is 10.5 Å². The highest BCUT2D eigenvalue weighted by Crippen LogP contribution is 2.31. The molecule has 0 fully saturated rings. The highest BCUT2D eigenvalue weighted by molar-refractivity contribution is 14.1. The molecule has 20 heavy (non-hydrogen) atoms. The zero-order valence-electron chi connectivity index (χ0n) is 10.8. The first-order valence-corrected chi connectivity index (χ1v) is 8.61. The molecule has 2 N–H and O–H groups in total. The SMILES string of the molecule is COCCn1ncc(Br)c1C(N)c1cc(Br)ccc1I. The summed E-state index contributed by atoms with van der Waals surface area (Å²) in [5.74, 6) is 0. The van der Waals surface area contributed by atoms with E-state index in [9.17, 15) is 0 Å². The summed E-state index contributed by atoms with van der Waals surface area (Å²) >= 11 is 9.32. The molecule has 0 saturated carbocycles. The van der Waals surface area contributed by atoms with E-state index < -0.39 is 0 Å². The number of rotatable bonds is 5. The fraction of sp³-hybridized carbons (Fsp3) is 0.308. The molecular formula is C13H14Br2IN3O. The topological polar surface area (TPSA) is 53.1 Å². The Bertz CT molecular complexity index is 603. The second-order valence-corrected chi connectivity index (χ2v) is 7.17. The van der Waals surface area contributed by atoms with Gasteiger partial charge >= 0.3 is 0 Å². The molecule has 1 heterocycles. The molecule has 2 aromatic rings. The smallest absolute Gasteiger partial charge is 0.0745 e. The van der Waals surface area contributed by atoms with Crippen LogP contribution in [0, 0.1) is 3.57 Å². The van der Waals surface area contributed by atoms with Crippen LogP contribution in [0.25, 0.3) is 0 Å². The summed E-state index contributed by atoms with van der Waals surface area (Å²) in [7, 11) is 1.68. The van der Waals surface area contributed by atoms with E-state index in [1.54, 1.807) is 13.3 Å². The Labute approximate surface area is 148 Å². The highest BCUT2D eigenvalue weighted by Gasteiger charge is 2.20. The lowest BCUT2D eigenvalue weighted by Gasteiger charge is -2.17. The Balaban J connectivity index is 2.39. The molecule has 2 rings (SSSR count). The van der Waals surface area contributed by atoms with Gasteiger partial charge in [0.25, 0.3) is 0 Å². The van der Waals surface area contributed by atoms with Gasteiger partial charge in [-0.15, -0.1) is 0 Å². The van der Waals surface area contributed by atoms with Crippen LogP contribution < -0.4 is 5.73 Å². The van der Waals surface area contributed by atoms with Gasteiger partial charge in [0.15, 0.2) is 0 Å². The van der Waals surface area contributed by atoms with Gasteiger partial charge in [0.1, 0.15) is 0 Å². The zero-order chi connectivity index (χ0) is 14.7. The summed E-state index contributed by atoms with van der Waals surface area (Å²) in [6.07, 6.45) is 1.77. The molecule has 7 heteroatoms. The fourth-order valence-corrected chi connectivity index (χ4v) is 3.53. The van der Waals surface area contributed by atoms with Gasteiger partial charge < -0.3 is 10.5 Å². The van der Waals surface area contributed by atoms with Crippen LogP contribution in [0.5, 0.6) is 0 Å². The molecule has 0 aliphatic carbocycles. The van der Waals surface area contributed by atoms with Crippen molar-refractivity contribution in [2.75, 3.05) is 13.7 Å². The van der Waals surface area contributed by atoms with Crippen molar-refractivity contribution in [3.8, 4) is 0 Å². The number of halogens is 3. The summed E-state index contributed by atoms with van der Waals surface area (Å²) in [4.78, 5) is 0. The third-order valence-corrected chi connectivity index (χ3v) is 5.01. The summed E-state index contributed by atoms with van der Waals surface area (Å²) in [6, 6.07) is 5.86. The van der Waals surface area contributed by atoms with E-state index in [0.717, 1.165) is 23.8 Å². The van der Waals surface area contributed by atoms with E-state index in [-0.39, 0.29) is 6.04 Å². The molecule has 1 atom stereocenters. The second kappa shape index (κ2) is 7.35. The van der Waals surface area contributed by atoms with Crippen molar-refractivity contribution in [2.24, 2.45) is 5.73 Å². The summed E-state index contributed by atoms with van der Waals surface area (Å²) in [5, 5.41) is 4.35. The molecule has 0 aliphatic rings. The van der Waals surface area contributed by atoms with Crippen LogP contribution in [0.3, 0.4) is 0 Å². The van der Waals surface area contributed by atoms with Crippen LogP contribution in [0.2, 0.25) is 0 Å².